The predicted octanol–water partition coefficient (Wildman–Crippen LogP) is 2.61. The van der Waals surface area contributed by atoms with Gasteiger partial charge in [-0.15, -0.1) is 0 Å². The lowest BCUT2D eigenvalue weighted by Crippen LogP contribution is -2.30. The van der Waals surface area contributed by atoms with Crippen LogP contribution in [-0.4, -0.2) is 9.55 Å². The second-order valence-corrected chi connectivity index (χ2v) is 4.91. The Bertz CT molecular complexity index is 550. The first-order chi connectivity index (χ1) is 9.17. The summed E-state index contributed by atoms with van der Waals surface area (Å²) in [4.78, 5) is 4.38. The van der Waals surface area contributed by atoms with E-state index in [0.717, 1.165) is 28.5 Å². The van der Waals surface area contributed by atoms with Crippen molar-refractivity contribution >= 4 is 11.6 Å². The van der Waals surface area contributed by atoms with E-state index in [1.165, 1.54) is 0 Å². The van der Waals surface area contributed by atoms with Gasteiger partial charge in [0.2, 0.25) is 0 Å². The third-order valence-electron chi connectivity index (χ3n) is 3.33. The van der Waals surface area contributed by atoms with Crippen LogP contribution in [0.3, 0.4) is 0 Å². The van der Waals surface area contributed by atoms with Crippen LogP contribution in [0.15, 0.2) is 30.6 Å². The lowest BCUT2D eigenvalue weighted by Gasteiger charge is -2.18. The van der Waals surface area contributed by atoms with E-state index >= 15 is 0 Å². The number of hydrogen-bond donors (Lipinski definition) is 2. The fourth-order valence-electron chi connectivity index (χ4n) is 2.20. The number of halogens is 1. The Morgan fingerprint density at radius 1 is 1.47 bits per heavy atom. The van der Waals surface area contributed by atoms with Gasteiger partial charge in [-0.3, -0.25) is 11.3 Å². The molecule has 1 unspecified atom stereocenters. The molecule has 5 heteroatoms. The van der Waals surface area contributed by atoms with Gasteiger partial charge in [-0.1, -0.05) is 29.8 Å². The van der Waals surface area contributed by atoms with Crippen LogP contribution >= 0.6 is 11.6 Å². The molecule has 0 aliphatic rings. The lowest BCUT2D eigenvalue weighted by molar-refractivity contribution is 0.523. The van der Waals surface area contributed by atoms with Crippen molar-refractivity contribution in [1.82, 2.24) is 15.0 Å². The van der Waals surface area contributed by atoms with E-state index in [2.05, 4.69) is 21.9 Å². The van der Waals surface area contributed by atoms with Crippen molar-refractivity contribution in [2.45, 2.75) is 32.9 Å². The number of nitrogens with one attached hydrogen (secondary N) is 1. The minimum Gasteiger partial charge on any atom is -0.335 e. The Morgan fingerprint density at radius 3 is 2.95 bits per heavy atom. The summed E-state index contributed by atoms with van der Waals surface area (Å²) >= 11 is 6.36. The number of nitrogens with two attached hydrogens (primary N) is 1. The maximum Gasteiger partial charge on any atom is 0.110 e. The summed E-state index contributed by atoms with van der Waals surface area (Å²) < 4.78 is 2.11. The number of hydrogen-bond acceptors (Lipinski definition) is 3. The van der Waals surface area contributed by atoms with Gasteiger partial charge in [0.15, 0.2) is 0 Å². The summed E-state index contributed by atoms with van der Waals surface area (Å²) in [5, 5.41) is 0.764. The normalized spacial score (nSPS) is 12.6. The predicted molar refractivity (Wildman–Crippen MR) is 77.9 cm³/mol. The van der Waals surface area contributed by atoms with Crippen molar-refractivity contribution in [3.05, 3.63) is 52.6 Å². The average Bonchev–Trinajstić information content (AvgIpc) is 2.87. The number of imidazole rings is 1. The summed E-state index contributed by atoms with van der Waals surface area (Å²) in [6.07, 6.45) is 4.49. The first-order valence-electron chi connectivity index (χ1n) is 6.38. The highest BCUT2D eigenvalue weighted by molar-refractivity contribution is 6.32. The van der Waals surface area contributed by atoms with E-state index in [-0.39, 0.29) is 6.04 Å². The summed E-state index contributed by atoms with van der Waals surface area (Å²) in [5.74, 6) is 6.69. The molecule has 0 aliphatic carbocycles. The first kappa shape index (κ1) is 14.1. The minimum absolute atomic E-state index is 0.0416. The molecule has 1 heterocycles. The molecule has 19 heavy (non-hydrogen) atoms. The standard InChI is InChI=1S/C14H19ClN4/c1-3-19-8-7-17-13(19)9-12(18-16)11-6-4-5-10(2)14(11)15/h4-8,12,18H,3,9,16H2,1-2H3. The topological polar surface area (TPSA) is 55.9 Å². The van der Waals surface area contributed by atoms with E-state index in [4.69, 9.17) is 17.4 Å². The van der Waals surface area contributed by atoms with Crippen molar-refractivity contribution < 1.29 is 0 Å². The second-order valence-electron chi connectivity index (χ2n) is 4.53. The Labute approximate surface area is 118 Å². The third-order valence-corrected chi connectivity index (χ3v) is 3.84. The van der Waals surface area contributed by atoms with Gasteiger partial charge in [0.05, 0.1) is 6.04 Å². The van der Waals surface area contributed by atoms with E-state index in [0.29, 0.717) is 6.42 Å². The number of hydrazine groups is 1. The maximum atomic E-state index is 6.36. The van der Waals surface area contributed by atoms with Crippen LogP contribution in [0, 0.1) is 6.92 Å². The average molecular weight is 279 g/mol. The van der Waals surface area contributed by atoms with Gasteiger partial charge < -0.3 is 4.57 Å². The molecule has 4 nitrogen and oxygen atoms in total. The highest BCUT2D eigenvalue weighted by Crippen LogP contribution is 2.27. The van der Waals surface area contributed by atoms with Crippen LogP contribution in [0.5, 0.6) is 0 Å². The Morgan fingerprint density at radius 2 is 2.26 bits per heavy atom. The van der Waals surface area contributed by atoms with E-state index in [1.807, 2.05) is 37.5 Å². The smallest absolute Gasteiger partial charge is 0.110 e. The zero-order valence-corrected chi connectivity index (χ0v) is 12.0. The largest absolute Gasteiger partial charge is 0.335 e. The van der Waals surface area contributed by atoms with Gasteiger partial charge >= 0.3 is 0 Å². The summed E-state index contributed by atoms with van der Waals surface area (Å²) in [6, 6.07) is 5.94. The van der Waals surface area contributed by atoms with Crippen LogP contribution in [0.2, 0.25) is 5.02 Å². The van der Waals surface area contributed by atoms with Crippen LogP contribution in [0.1, 0.15) is 29.9 Å². The number of aryl methyl sites for hydroxylation is 2. The quantitative estimate of drug-likeness (QED) is 0.653. The first-order valence-corrected chi connectivity index (χ1v) is 6.76. The van der Waals surface area contributed by atoms with Crippen LogP contribution < -0.4 is 11.3 Å². The SMILES string of the molecule is CCn1ccnc1CC(NN)c1cccc(C)c1Cl. The van der Waals surface area contributed by atoms with Crippen molar-refractivity contribution in [2.24, 2.45) is 5.84 Å². The molecule has 0 fully saturated rings. The van der Waals surface area contributed by atoms with Gasteiger partial charge in [0, 0.05) is 30.4 Å². The Kier molecular flexibility index (Phi) is 4.58. The summed E-state index contributed by atoms with van der Waals surface area (Å²) in [7, 11) is 0. The van der Waals surface area contributed by atoms with E-state index in [1.54, 1.807) is 0 Å². The molecule has 0 saturated carbocycles. The second kappa shape index (κ2) is 6.19. The molecule has 2 rings (SSSR count). The van der Waals surface area contributed by atoms with Crippen LogP contribution in [-0.2, 0) is 13.0 Å². The van der Waals surface area contributed by atoms with Crippen molar-refractivity contribution in [1.29, 1.82) is 0 Å². The van der Waals surface area contributed by atoms with Gasteiger partial charge in [-0.2, -0.15) is 0 Å². The highest BCUT2D eigenvalue weighted by atomic mass is 35.5. The molecule has 1 atom stereocenters. The van der Waals surface area contributed by atoms with Crippen LogP contribution in [0.4, 0.5) is 0 Å². The Hall–Kier alpha value is -1.36. The third kappa shape index (κ3) is 2.97. The summed E-state index contributed by atoms with van der Waals surface area (Å²) in [5.41, 5.74) is 4.90. The zero-order valence-electron chi connectivity index (χ0n) is 11.2. The number of aromatic nitrogens is 2. The lowest BCUT2D eigenvalue weighted by atomic mass is 10.0. The number of rotatable bonds is 5. The maximum absolute atomic E-state index is 6.36. The van der Waals surface area contributed by atoms with Gasteiger partial charge in [-0.05, 0) is 25.0 Å². The molecule has 0 aliphatic heterocycles. The Balaban J connectivity index is 2.28. The molecule has 102 valence electrons. The summed E-state index contributed by atoms with van der Waals surface area (Å²) in [6.45, 7) is 4.98. The van der Waals surface area contributed by atoms with Gasteiger partial charge in [0.1, 0.15) is 5.82 Å². The zero-order chi connectivity index (χ0) is 13.8. The van der Waals surface area contributed by atoms with Gasteiger partial charge in [-0.25, -0.2) is 4.98 Å². The van der Waals surface area contributed by atoms with Crippen LogP contribution in [0.25, 0.3) is 0 Å². The molecule has 0 radical (unpaired) electrons. The molecule has 2 aromatic rings. The molecule has 3 N–H and O–H groups in total. The van der Waals surface area contributed by atoms with Crippen molar-refractivity contribution in [2.75, 3.05) is 0 Å². The molecule has 0 saturated heterocycles. The molecule has 0 spiro atoms. The number of benzene rings is 1. The molecule has 1 aromatic heterocycles. The molecule has 1 aromatic carbocycles. The minimum atomic E-state index is -0.0416. The highest BCUT2D eigenvalue weighted by Gasteiger charge is 2.17. The van der Waals surface area contributed by atoms with E-state index in [9.17, 15) is 0 Å². The number of nitrogens with zero attached hydrogens (tertiary/aromatic N) is 2. The van der Waals surface area contributed by atoms with E-state index < -0.39 is 0 Å². The van der Waals surface area contributed by atoms with Gasteiger partial charge in [0.25, 0.3) is 0 Å². The monoisotopic (exact) mass is 278 g/mol. The molecule has 0 amide bonds. The van der Waals surface area contributed by atoms with Crippen molar-refractivity contribution in [3.8, 4) is 0 Å². The van der Waals surface area contributed by atoms with Crippen molar-refractivity contribution in [3.63, 3.8) is 0 Å². The fourth-order valence-corrected chi connectivity index (χ4v) is 2.46. The molecular weight excluding hydrogens is 260 g/mol. The molecule has 0 bridgehead atoms. The fraction of sp³-hybridized carbons (Fsp3) is 0.357. The molecular formula is C14H19ClN4.